The molecule has 0 saturated heterocycles. The third-order valence-electron chi connectivity index (χ3n) is 3.88. The summed E-state index contributed by atoms with van der Waals surface area (Å²) >= 11 is 3.34. The molecule has 7 heteroatoms. The maximum absolute atomic E-state index is 12.7. The van der Waals surface area contributed by atoms with Crippen LogP contribution in [0.15, 0.2) is 34.9 Å². The summed E-state index contributed by atoms with van der Waals surface area (Å²) in [5.41, 5.74) is 1.64. The number of hydrogen-bond donors (Lipinski definition) is 0. The average Bonchev–Trinajstić information content (AvgIpc) is 2.95. The Morgan fingerprint density at radius 1 is 1.30 bits per heavy atom. The maximum atomic E-state index is 12.7. The summed E-state index contributed by atoms with van der Waals surface area (Å²) in [6.07, 6.45) is 0. The Bertz CT molecular complexity index is 699. The first-order valence-electron chi connectivity index (χ1n) is 7.28. The normalized spacial score (nSPS) is 17.3. The lowest BCUT2D eigenvalue weighted by atomic mass is 10.1. The van der Waals surface area contributed by atoms with Crippen LogP contribution < -0.4 is 4.74 Å². The first-order chi connectivity index (χ1) is 11.1. The van der Waals surface area contributed by atoms with Crippen LogP contribution in [-0.2, 0) is 11.3 Å². The van der Waals surface area contributed by atoms with E-state index in [-0.39, 0.29) is 11.9 Å². The van der Waals surface area contributed by atoms with Crippen LogP contribution in [0.5, 0.6) is 5.75 Å². The van der Waals surface area contributed by atoms with Crippen LogP contribution in [0, 0.1) is 0 Å². The molecule has 1 amide bonds. The second kappa shape index (κ2) is 6.72. The van der Waals surface area contributed by atoms with E-state index < -0.39 is 0 Å². The largest absolute Gasteiger partial charge is 0.497 e. The van der Waals surface area contributed by atoms with E-state index in [2.05, 4.69) is 21.0 Å². The Kier molecular flexibility index (Phi) is 4.68. The van der Waals surface area contributed by atoms with Crippen molar-refractivity contribution in [2.45, 2.75) is 12.6 Å². The van der Waals surface area contributed by atoms with Gasteiger partial charge in [-0.3, -0.25) is 9.48 Å². The molecule has 0 spiro atoms. The lowest BCUT2D eigenvalue weighted by molar-refractivity contribution is 0.0549. The van der Waals surface area contributed by atoms with E-state index in [9.17, 15) is 4.79 Å². The molecule has 0 radical (unpaired) electrons. The number of aromatic nitrogens is 2. The molecule has 0 saturated carbocycles. The van der Waals surface area contributed by atoms with Crippen LogP contribution in [0.25, 0.3) is 0 Å². The van der Waals surface area contributed by atoms with Crippen LogP contribution in [0.1, 0.15) is 22.1 Å². The lowest BCUT2D eigenvalue weighted by Gasteiger charge is -2.33. The third-order valence-corrected chi connectivity index (χ3v) is 4.27. The van der Waals surface area contributed by atoms with Crippen LogP contribution in [-0.4, -0.2) is 48.0 Å². The van der Waals surface area contributed by atoms with E-state index in [1.54, 1.807) is 25.0 Å². The number of hydrogen-bond acceptors (Lipinski definition) is 4. The number of benzene rings is 1. The number of halogens is 1. The van der Waals surface area contributed by atoms with Gasteiger partial charge in [0.2, 0.25) is 0 Å². The topological polar surface area (TPSA) is 56.6 Å². The zero-order valence-electron chi connectivity index (χ0n) is 13.0. The standard InChI is InChI=1S/C16H18BrN3O3/c1-22-10-12-9-19(8-11-3-5-13(23-2)6-4-11)16(21)14-7-15(17)18-20(12)14/h3-7,12H,8-10H2,1-2H3/t12-/m0/s1. The molecule has 1 atom stereocenters. The van der Waals surface area contributed by atoms with Crippen molar-refractivity contribution >= 4 is 21.8 Å². The minimum Gasteiger partial charge on any atom is -0.497 e. The number of nitrogens with zero attached hydrogens (tertiary/aromatic N) is 3. The average molecular weight is 380 g/mol. The summed E-state index contributed by atoms with van der Waals surface area (Å²) in [5, 5.41) is 4.36. The monoisotopic (exact) mass is 379 g/mol. The minimum atomic E-state index is -0.0219. The Morgan fingerprint density at radius 2 is 2.04 bits per heavy atom. The number of amides is 1. The molecule has 6 nitrogen and oxygen atoms in total. The van der Waals surface area contributed by atoms with Crippen molar-refractivity contribution in [3.63, 3.8) is 0 Å². The molecule has 1 aliphatic heterocycles. The lowest BCUT2D eigenvalue weighted by Crippen LogP contribution is -2.44. The zero-order chi connectivity index (χ0) is 16.4. The van der Waals surface area contributed by atoms with Crippen molar-refractivity contribution in [3.05, 3.63) is 46.2 Å². The van der Waals surface area contributed by atoms with E-state index in [1.165, 1.54) is 0 Å². The van der Waals surface area contributed by atoms with Crippen LogP contribution in [0.2, 0.25) is 0 Å². The highest BCUT2D eigenvalue weighted by Crippen LogP contribution is 2.25. The Hall–Kier alpha value is -1.86. The van der Waals surface area contributed by atoms with Crippen molar-refractivity contribution in [3.8, 4) is 5.75 Å². The zero-order valence-corrected chi connectivity index (χ0v) is 14.6. The molecule has 0 aliphatic carbocycles. The summed E-state index contributed by atoms with van der Waals surface area (Å²) in [7, 11) is 3.29. The predicted molar refractivity (Wildman–Crippen MR) is 88.6 cm³/mol. The first-order valence-corrected chi connectivity index (χ1v) is 8.08. The molecule has 122 valence electrons. The van der Waals surface area contributed by atoms with Gasteiger partial charge in [0.25, 0.3) is 5.91 Å². The second-order valence-corrected chi connectivity index (χ2v) is 6.25. The molecule has 1 aliphatic rings. The number of rotatable bonds is 5. The third kappa shape index (κ3) is 3.25. The van der Waals surface area contributed by atoms with Gasteiger partial charge in [-0.1, -0.05) is 12.1 Å². The smallest absolute Gasteiger partial charge is 0.272 e. The van der Waals surface area contributed by atoms with E-state index in [0.29, 0.717) is 30.0 Å². The van der Waals surface area contributed by atoms with E-state index in [0.717, 1.165) is 11.3 Å². The van der Waals surface area contributed by atoms with Crippen molar-refractivity contribution in [2.75, 3.05) is 27.4 Å². The van der Waals surface area contributed by atoms with Crippen molar-refractivity contribution in [1.82, 2.24) is 14.7 Å². The first kappa shape index (κ1) is 16.0. The fourth-order valence-electron chi connectivity index (χ4n) is 2.78. The Labute approximate surface area is 143 Å². The highest BCUT2D eigenvalue weighted by atomic mass is 79.9. The Morgan fingerprint density at radius 3 is 2.70 bits per heavy atom. The van der Waals surface area contributed by atoms with E-state index in [1.807, 2.05) is 29.2 Å². The van der Waals surface area contributed by atoms with Gasteiger partial charge in [0.05, 0.1) is 19.8 Å². The van der Waals surface area contributed by atoms with Gasteiger partial charge in [-0.05, 0) is 33.6 Å². The van der Waals surface area contributed by atoms with E-state index in [4.69, 9.17) is 9.47 Å². The minimum absolute atomic E-state index is 0.0113. The van der Waals surface area contributed by atoms with Crippen molar-refractivity contribution in [2.24, 2.45) is 0 Å². The molecule has 3 rings (SSSR count). The van der Waals surface area contributed by atoms with Crippen LogP contribution >= 0.6 is 15.9 Å². The fourth-order valence-corrected chi connectivity index (χ4v) is 3.17. The predicted octanol–water partition coefficient (Wildman–Crippen LogP) is 2.50. The number of carbonyl (C=O) groups excluding carboxylic acids is 1. The summed E-state index contributed by atoms with van der Waals surface area (Å²) in [6, 6.07) is 9.51. The van der Waals surface area contributed by atoms with Crippen molar-refractivity contribution in [1.29, 1.82) is 0 Å². The molecule has 0 N–H and O–H groups in total. The molecule has 0 unspecified atom stereocenters. The molecular weight excluding hydrogens is 362 g/mol. The maximum Gasteiger partial charge on any atom is 0.272 e. The summed E-state index contributed by atoms with van der Waals surface area (Å²) in [5.74, 6) is 0.782. The SMILES string of the molecule is COC[C@@H]1CN(Cc2ccc(OC)cc2)C(=O)c2cc(Br)nn21. The molecule has 2 aromatic rings. The fraction of sp³-hybridized carbons (Fsp3) is 0.375. The second-order valence-electron chi connectivity index (χ2n) is 5.44. The van der Waals surface area contributed by atoms with E-state index >= 15 is 0 Å². The van der Waals surface area contributed by atoms with Gasteiger partial charge in [-0.25, -0.2) is 0 Å². The highest BCUT2D eigenvalue weighted by molar-refractivity contribution is 9.10. The number of ether oxygens (including phenoxy) is 2. The quantitative estimate of drug-likeness (QED) is 0.800. The summed E-state index contributed by atoms with van der Waals surface area (Å²) in [4.78, 5) is 14.5. The van der Waals surface area contributed by atoms with Gasteiger partial charge >= 0.3 is 0 Å². The molecule has 1 aromatic heterocycles. The molecule has 0 bridgehead atoms. The van der Waals surface area contributed by atoms with Gasteiger partial charge < -0.3 is 14.4 Å². The molecule has 0 fully saturated rings. The van der Waals surface area contributed by atoms with Crippen molar-refractivity contribution < 1.29 is 14.3 Å². The molecule has 1 aromatic carbocycles. The van der Waals surface area contributed by atoms with Gasteiger partial charge in [-0.2, -0.15) is 5.10 Å². The van der Waals surface area contributed by atoms with Gasteiger partial charge in [0, 0.05) is 26.3 Å². The van der Waals surface area contributed by atoms with Crippen LogP contribution in [0.4, 0.5) is 0 Å². The number of carbonyl (C=O) groups is 1. The van der Waals surface area contributed by atoms with Gasteiger partial charge in [0.15, 0.2) is 0 Å². The molecule has 23 heavy (non-hydrogen) atoms. The van der Waals surface area contributed by atoms with Gasteiger partial charge in [-0.15, -0.1) is 0 Å². The molecular formula is C16H18BrN3O3. The summed E-state index contributed by atoms with van der Waals surface area (Å²) < 4.78 is 12.9. The summed E-state index contributed by atoms with van der Waals surface area (Å²) in [6.45, 7) is 1.62. The highest BCUT2D eigenvalue weighted by Gasteiger charge is 2.32. The number of methoxy groups -OCH3 is 2. The molecule has 2 heterocycles. The van der Waals surface area contributed by atoms with Gasteiger partial charge in [0.1, 0.15) is 16.0 Å². The Balaban J connectivity index is 1.83. The van der Waals surface area contributed by atoms with Crippen LogP contribution in [0.3, 0.4) is 0 Å². The number of fused-ring (bicyclic) bond motifs is 1.